The number of nitrogens with zero attached hydrogens (tertiary/aromatic N) is 1. The molecule has 1 aromatic heterocycles. The zero-order chi connectivity index (χ0) is 13.8. The van der Waals surface area contributed by atoms with Crippen molar-refractivity contribution in [3.8, 4) is 0 Å². The number of hydrogen-bond donors (Lipinski definition) is 1. The first-order chi connectivity index (χ1) is 9.83. The van der Waals surface area contributed by atoms with Crippen LogP contribution in [-0.4, -0.2) is 18.1 Å². The van der Waals surface area contributed by atoms with E-state index in [1.807, 2.05) is 6.92 Å². The molecule has 0 bridgehead atoms. The Balaban J connectivity index is 1.54. The van der Waals surface area contributed by atoms with Gasteiger partial charge in [-0.05, 0) is 18.9 Å². The van der Waals surface area contributed by atoms with Gasteiger partial charge in [-0.3, -0.25) is 0 Å². The summed E-state index contributed by atoms with van der Waals surface area (Å²) in [5, 5.41) is 6.78. The quantitative estimate of drug-likeness (QED) is 0.916. The van der Waals surface area contributed by atoms with Crippen LogP contribution in [0.5, 0.6) is 0 Å². The molecule has 0 unspecified atom stereocenters. The third kappa shape index (κ3) is 3.26. The molecule has 0 saturated carbocycles. The summed E-state index contributed by atoms with van der Waals surface area (Å²) in [7, 11) is 0. The predicted octanol–water partition coefficient (Wildman–Crippen LogP) is 3.32. The fraction of sp³-hybridized carbons (Fsp3) is 0.438. The van der Waals surface area contributed by atoms with Crippen molar-refractivity contribution in [2.24, 2.45) is 5.92 Å². The highest BCUT2D eigenvalue weighted by atomic mass is 32.1. The van der Waals surface area contributed by atoms with Gasteiger partial charge in [0.15, 0.2) is 0 Å². The molecule has 1 aliphatic heterocycles. The van der Waals surface area contributed by atoms with Gasteiger partial charge in [-0.2, -0.15) is 0 Å². The summed E-state index contributed by atoms with van der Waals surface area (Å²) in [6.07, 6.45) is 1.36. The van der Waals surface area contributed by atoms with Crippen LogP contribution in [0.2, 0.25) is 0 Å². The van der Waals surface area contributed by atoms with Gasteiger partial charge in [0, 0.05) is 31.0 Å². The predicted molar refractivity (Wildman–Crippen MR) is 81.8 cm³/mol. The van der Waals surface area contributed by atoms with Crippen LogP contribution in [0.15, 0.2) is 35.7 Å². The molecule has 20 heavy (non-hydrogen) atoms. The van der Waals surface area contributed by atoms with Gasteiger partial charge in [-0.25, -0.2) is 4.98 Å². The van der Waals surface area contributed by atoms with Gasteiger partial charge in [0.1, 0.15) is 0 Å². The van der Waals surface area contributed by atoms with E-state index in [0.29, 0.717) is 5.92 Å². The highest BCUT2D eigenvalue weighted by Gasteiger charge is 2.28. The van der Waals surface area contributed by atoms with Gasteiger partial charge >= 0.3 is 0 Å². The smallest absolute Gasteiger partial charge is 0.0897 e. The SMILES string of the molecule is Cc1nc(CNC[C@H]2CCO[C@@H]2c2ccccc2)cs1. The van der Waals surface area contributed by atoms with E-state index in [2.05, 4.69) is 46.0 Å². The van der Waals surface area contributed by atoms with Crippen LogP contribution in [0, 0.1) is 12.8 Å². The maximum atomic E-state index is 5.90. The number of nitrogens with one attached hydrogen (secondary N) is 1. The van der Waals surface area contributed by atoms with Gasteiger partial charge in [-0.15, -0.1) is 11.3 Å². The molecular formula is C16H20N2OS. The second kappa shape index (κ2) is 6.48. The fourth-order valence-electron chi connectivity index (χ4n) is 2.73. The van der Waals surface area contributed by atoms with E-state index in [9.17, 15) is 0 Å². The molecule has 3 nitrogen and oxygen atoms in total. The molecule has 1 aliphatic rings. The number of aryl methyl sites for hydroxylation is 1. The highest BCUT2D eigenvalue weighted by Crippen LogP contribution is 2.33. The summed E-state index contributed by atoms with van der Waals surface area (Å²) in [6, 6.07) is 10.5. The molecule has 1 aromatic carbocycles. The second-order valence-electron chi connectivity index (χ2n) is 5.24. The molecule has 0 radical (unpaired) electrons. The summed E-state index contributed by atoms with van der Waals surface area (Å²) in [6.45, 7) is 4.74. The van der Waals surface area contributed by atoms with Gasteiger partial charge in [0.05, 0.1) is 16.8 Å². The maximum Gasteiger partial charge on any atom is 0.0897 e. The van der Waals surface area contributed by atoms with Crippen LogP contribution >= 0.6 is 11.3 Å². The lowest BCUT2D eigenvalue weighted by Gasteiger charge is -2.19. The average Bonchev–Trinajstić information content (AvgIpc) is 3.09. The molecule has 1 fully saturated rings. The van der Waals surface area contributed by atoms with E-state index in [1.165, 1.54) is 5.56 Å². The molecule has 1 saturated heterocycles. The van der Waals surface area contributed by atoms with Gasteiger partial charge in [0.25, 0.3) is 0 Å². The molecule has 0 spiro atoms. The Morgan fingerprint density at radius 3 is 2.95 bits per heavy atom. The Labute approximate surface area is 124 Å². The molecule has 3 rings (SSSR count). The fourth-order valence-corrected chi connectivity index (χ4v) is 3.34. The second-order valence-corrected chi connectivity index (χ2v) is 6.30. The van der Waals surface area contributed by atoms with Crippen LogP contribution in [-0.2, 0) is 11.3 Å². The van der Waals surface area contributed by atoms with Gasteiger partial charge in [-0.1, -0.05) is 30.3 Å². The van der Waals surface area contributed by atoms with Gasteiger partial charge in [0.2, 0.25) is 0 Å². The van der Waals surface area contributed by atoms with E-state index in [0.717, 1.165) is 36.8 Å². The van der Waals surface area contributed by atoms with E-state index >= 15 is 0 Å². The lowest BCUT2D eigenvalue weighted by Crippen LogP contribution is -2.24. The first kappa shape index (κ1) is 13.7. The van der Waals surface area contributed by atoms with E-state index in [4.69, 9.17) is 4.74 Å². The Hall–Kier alpha value is -1.23. The minimum absolute atomic E-state index is 0.237. The summed E-state index contributed by atoms with van der Waals surface area (Å²) in [5.41, 5.74) is 2.43. The van der Waals surface area contributed by atoms with Crippen molar-refractivity contribution in [1.29, 1.82) is 0 Å². The zero-order valence-corrected chi connectivity index (χ0v) is 12.5. The molecule has 106 valence electrons. The number of thiazole rings is 1. The maximum absolute atomic E-state index is 5.90. The van der Waals surface area contributed by atoms with E-state index in [-0.39, 0.29) is 6.10 Å². The molecular weight excluding hydrogens is 268 g/mol. The summed E-state index contributed by atoms with van der Waals surface area (Å²) in [5.74, 6) is 0.553. The minimum Gasteiger partial charge on any atom is -0.373 e. The Bertz CT molecular complexity index is 540. The van der Waals surface area contributed by atoms with Crippen LogP contribution in [0.3, 0.4) is 0 Å². The van der Waals surface area contributed by atoms with Crippen LogP contribution < -0.4 is 5.32 Å². The van der Waals surface area contributed by atoms with Crippen molar-refractivity contribution in [2.75, 3.05) is 13.2 Å². The number of hydrogen-bond acceptors (Lipinski definition) is 4. The van der Waals surface area contributed by atoms with Crippen molar-refractivity contribution < 1.29 is 4.74 Å². The first-order valence-corrected chi connectivity index (χ1v) is 7.99. The lowest BCUT2D eigenvalue weighted by atomic mass is 9.95. The minimum atomic E-state index is 0.237. The van der Waals surface area contributed by atoms with Crippen molar-refractivity contribution >= 4 is 11.3 Å². The van der Waals surface area contributed by atoms with Crippen LogP contribution in [0.1, 0.15) is 28.8 Å². The number of aromatic nitrogens is 1. The Morgan fingerprint density at radius 1 is 1.35 bits per heavy atom. The molecule has 2 heterocycles. The molecule has 0 aliphatic carbocycles. The Kier molecular flexibility index (Phi) is 4.45. The van der Waals surface area contributed by atoms with Crippen LogP contribution in [0.4, 0.5) is 0 Å². The monoisotopic (exact) mass is 288 g/mol. The van der Waals surface area contributed by atoms with Gasteiger partial charge < -0.3 is 10.1 Å². The topological polar surface area (TPSA) is 34.2 Å². The normalized spacial score (nSPS) is 22.2. The molecule has 2 aromatic rings. The van der Waals surface area contributed by atoms with Crippen molar-refractivity contribution in [1.82, 2.24) is 10.3 Å². The first-order valence-electron chi connectivity index (χ1n) is 7.11. The standard InChI is InChI=1S/C16H20N2OS/c1-12-18-15(11-20-12)10-17-9-14-7-8-19-16(14)13-5-3-2-4-6-13/h2-6,11,14,16-17H,7-10H2,1H3/t14-,16-/m1/s1. The van der Waals surface area contributed by atoms with Crippen molar-refractivity contribution in [3.05, 3.63) is 52.0 Å². The number of rotatable bonds is 5. The average molecular weight is 288 g/mol. The number of benzene rings is 1. The zero-order valence-electron chi connectivity index (χ0n) is 11.7. The van der Waals surface area contributed by atoms with E-state index in [1.54, 1.807) is 11.3 Å². The van der Waals surface area contributed by atoms with Crippen LogP contribution in [0.25, 0.3) is 0 Å². The molecule has 1 N–H and O–H groups in total. The van der Waals surface area contributed by atoms with Crippen molar-refractivity contribution in [3.63, 3.8) is 0 Å². The summed E-state index contributed by atoms with van der Waals surface area (Å²) >= 11 is 1.71. The van der Waals surface area contributed by atoms with Crippen molar-refractivity contribution in [2.45, 2.75) is 26.0 Å². The largest absolute Gasteiger partial charge is 0.373 e. The molecule has 0 amide bonds. The number of ether oxygens (including phenoxy) is 1. The highest BCUT2D eigenvalue weighted by molar-refractivity contribution is 7.09. The molecule has 4 heteroatoms. The van der Waals surface area contributed by atoms with E-state index < -0.39 is 0 Å². The third-order valence-corrected chi connectivity index (χ3v) is 4.54. The third-order valence-electron chi connectivity index (χ3n) is 3.72. The molecule has 2 atom stereocenters. The summed E-state index contributed by atoms with van der Waals surface area (Å²) < 4.78 is 5.90. The lowest BCUT2D eigenvalue weighted by molar-refractivity contribution is 0.0904. The Morgan fingerprint density at radius 2 is 2.20 bits per heavy atom. The summed E-state index contributed by atoms with van der Waals surface area (Å²) in [4.78, 5) is 4.48.